The number of halogens is 1. The minimum absolute atomic E-state index is 0. The summed E-state index contributed by atoms with van der Waals surface area (Å²) in [6.07, 6.45) is 0.925. The fourth-order valence-electron chi connectivity index (χ4n) is 0. The number of rotatable bonds is 0. The van der Waals surface area contributed by atoms with Crippen molar-refractivity contribution in [2.24, 2.45) is 0 Å². The van der Waals surface area contributed by atoms with E-state index >= 15 is 0 Å². The second-order valence-electron chi connectivity index (χ2n) is 0.682. The van der Waals surface area contributed by atoms with E-state index in [9.17, 15) is 8.42 Å². The first-order valence-corrected chi connectivity index (χ1v) is 3.61. The van der Waals surface area contributed by atoms with Gasteiger partial charge in [-0.3, -0.25) is 0 Å². The Kier molecular flexibility index (Phi) is 4.83. The summed E-state index contributed by atoms with van der Waals surface area (Å²) < 4.78 is 18.8. The van der Waals surface area contributed by atoms with Gasteiger partial charge in [-0.25, -0.2) is 8.42 Å². The predicted molar refractivity (Wildman–Crippen MR) is 20.7 cm³/mol. The van der Waals surface area contributed by atoms with Crippen molar-refractivity contribution in [2.45, 2.75) is 0 Å². The van der Waals surface area contributed by atoms with Gasteiger partial charge in [0, 0.05) is 29.2 Å². The van der Waals surface area contributed by atoms with Crippen LogP contribution in [0, 0.1) is 0 Å². The van der Waals surface area contributed by atoms with E-state index in [0.29, 0.717) is 0 Å². The molecule has 6 heavy (non-hydrogen) atoms. The Hall–Kier alpha value is 0.824. The van der Waals surface area contributed by atoms with Crippen LogP contribution in [0.3, 0.4) is 0 Å². The topological polar surface area (TPSA) is 34.1 Å². The second-order valence-corrected chi connectivity index (χ2v) is 3.73. The molecule has 5 heteroatoms. The van der Waals surface area contributed by atoms with Crippen molar-refractivity contribution in [2.75, 3.05) is 6.26 Å². The molecule has 0 aliphatic heterocycles. The summed E-state index contributed by atoms with van der Waals surface area (Å²) in [7, 11) is 1.31. The largest absolute Gasteiger partial charge is 0.229 e. The molecule has 0 amide bonds. The molecule has 2 nitrogen and oxygen atoms in total. The summed E-state index contributed by atoms with van der Waals surface area (Å²) >= 11 is 0. The van der Waals surface area contributed by atoms with Crippen LogP contribution in [0.15, 0.2) is 0 Å². The molecule has 0 aliphatic carbocycles. The summed E-state index contributed by atoms with van der Waals surface area (Å²) in [6, 6.07) is 0. The monoisotopic (exact) mass is 165 g/mol. The Morgan fingerprint density at radius 3 is 1.50 bits per heavy atom. The van der Waals surface area contributed by atoms with Crippen molar-refractivity contribution < 1.29 is 27.0 Å². The number of hydrogen-bond donors (Lipinski definition) is 0. The first-order valence-electron chi connectivity index (χ1n) is 0.896. The van der Waals surface area contributed by atoms with Gasteiger partial charge in [0.15, 0.2) is 0 Å². The molecule has 0 saturated carbocycles. The maximum Gasteiger partial charge on any atom is 0.229 e. The molecule has 0 atom stereocenters. The molecule has 0 unspecified atom stereocenters. The fourth-order valence-corrected chi connectivity index (χ4v) is 0. The molecule has 0 heterocycles. The van der Waals surface area contributed by atoms with Gasteiger partial charge in [-0.2, -0.15) is 0 Å². The molecule has 0 bridgehead atoms. The van der Waals surface area contributed by atoms with E-state index in [0.717, 1.165) is 6.26 Å². The van der Waals surface area contributed by atoms with Crippen LogP contribution in [0.25, 0.3) is 0 Å². The van der Waals surface area contributed by atoms with Gasteiger partial charge in [-0.1, -0.05) is 0 Å². The van der Waals surface area contributed by atoms with Crippen molar-refractivity contribution in [3.8, 4) is 0 Å². The average molecular weight is 165 g/mol. The van der Waals surface area contributed by atoms with Gasteiger partial charge in [0.2, 0.25) is 9.05 Å². The maximum absolute atomic E-state index is 9.40. The van der Waals surface area contributed by atoms with Gasteiger partial charge < -0.3 is 0 Å². The smallest absolute Gasteiger partial charge is 0.213 e. The molecule has 0 aliphatic rings. The van der Waals surface area contributed by atoms with Crippen molar-refractivity contribution >= 4 is 19.7 Å². The normalized spacial score (nSPS) is 9.67. The van der Waals surface area contributed by atoms with Crippen LogP contribution in [0.2, 0.25) is 0 Å². The molecule has 0 fully saturated rings. The van der Waals surface area contributed by atoms with E-state index in [4.69, 9.17) is 0 Å². The van der Waals surface area contributed by atoms with Gasteiger partial charge in [-0.05, 0) is 0 Å². The van der Waals surface area contributed by atoms with Crippen LogP contribution >= 0.6 is 10.7 Å². The number of hydrogen-bond acceptors (Lipinski definition) is 2. The van der Waals surface area contributed by atoms with Gasteiger partial charge in [0.05, 0.1) is 6.26 Å². The summed E-state index contributed by atoms with van der Waals surface area (Å²) in [5.74, 6) is 0. The predicted octanol–water partition coefficient (Wildman–Crippen LogP) is 0.182. The molecular weight excluding hydrogens is 162 g/mol. The molecule has 0 aromatic carbocycles. The molecule has 1 radical (unpaired) electrons. The van der Waals surface area contributed by atoms with Crippen LogP contribution in [0.5, 0.6) is 0 Å². The van der Waals surface area contributed by atoms with Crippen LogP contribution in [0.1, 0.15) is 0 Å². The molecular formula is CH3ClO2SV. The van der Waals surface area contributed by atoms with E-state index in [-0.39, 0.29) is 18.6 Å². The molecule has 0 saturated heterocycles. The molecule has 37 valence electrons. The Bertz CT molecular complexity index is 96.7. The Labute approximate surface area is 53.2 Å². The van der Waals surface area contributed by atoms with Crippen LogP contribution < -0.4 is 0 Å². The molecule has 0 N–H and O–H groups in total. The third kappa shape index (κ3) is 104. The van der Waals surface area contributed by atoms with Crippen LogP contribution in [-0.4, -0.2) is 14.7 Å². The SMILES string of the molecule is CS(=O)(=O)Cl.[V]. The molecule has 0 rings (SSSR count). The summed E-state index contributed by atoms with van der Waals surface area (Å²) in [6.45, 7) is 0. The zero-order chi connectivity index (χ0) is 4.50. The zero-order valence-electron chi connectivity index (χ0n) is 3.05. The summed E-state index contributed by atoms with van der Waals surface area (Å²) in [5.41, 5.74) is 0. The first kappa shape index (κ1) is 9.95. The average Bonchev–Trinajstić information content (AvgIpc) is 0.722. The Morgan fingerprint density at radius 2 is 1.50 bits per heavy atom. The minimum atomic E-state index is -3.19. The molecule has 0 spiro atoms. The maximum atomic E-state index is 9.40. The van der Waals surface area contributed by atoms with E-state index in [1.807, 2.05) is 0 Å². The Morgan fingerprint density at radius 1 is 1.50 bits per heavy atom. The third-order valence-corrected chi connectivity index (χ3v) is 0. The van der Waals surface area contributed by atoms with Crippen LogP contribution in [-0.2, 0) is 27.6 Å². The van der Waals surface area contributed by atoms with Gasteiger partial charge in [0.25, 0.3) is 0 Å². The van der Waals surface area contributed by atoms with Crippen molar-refractivity contribution in [3.63, 3.8) is 0 Å². The fraction of sp³-hybridized carbons (Fsp3) is 1.00. The van der Waals surface area contributed by atoms with Crippen molar-refractivity contribution in [3.05, 3.63) is 0 Å². The van der Waals surface area contributed by atoms with Crippen molar-refractivity contribution in [1.82, 2.24) is 0 Å². The Balaban J connectivity index is 0. The second kappa shape index (κ2) is 2.91. The summed E-state index contributed by atoms with van der Waals surface area (Å²) in [5, 5.41) is 0. The van der Waals surface area contributed by atoms with E-state index in [2.05, 4.69) is 10.7 Å². The molecule has 0 aromatic heterocycles. The third-order valence-electron chi connectivity index (χ3n) is 0. The first-order chi connectivity index (χ1) is 2.00. The summed E-state index contributed by atoms with van der Waals surface area (Å²) in [4.78, 5) is 0. The van der Waals surface area contributed by atoms with Gasteiger partial charge in [0.1, 0.15) is 0 Å². The molecule has 0 aromatic rings. The van der Waals surface area contributed by atoms with E-state index < -0.39 is 9.05 Å². The standard InChI is InChI=1S/CH3ClO2S.V/c1-5(2,3)4;/h1H3;. The van der Waals surface area contributed by atoms with Crippen LogP contribution in [0.4, 0.5) is 0 Å². The van der Waals surface area contributed by atoms with Crippen molar-refractivity contribution in [1.29, 1.82) is 0 Å². The van der Waals surface area contributed by atoms with Gasteiger partial charge in [-0.15, -0.1) is 0 Å². The minimum Gasteiger partial charge on any atom is -0.213 e. The van der Waals surface area contributed by atoms with Gasteiger partial charge >= 0.3 is 0 Å². The van der Waals surface area contributed by atoms with E-state index in [1.165, 1.54) is 0 Å². The quantitative estimate of drug-likeness (QED) is 0.480. The zero-order valence-corrected chi connectivity index (χ0v) is 6.02. The van der Waals surface area contributed by atoms with E-state index in [1.54, 1.807) is 0 Å².